The molecule has 4 rings (SSSR count). The lowest BCUT2D eigenvalue weighted by Gasteiger charge is -2.15. The summed E-state index contributed by atoms with van der Waals surface area (Å²) in [7, 11) is 0. The highest BCUT2D eigenvalue weighted by molar-refractivity contribution is 8.14. The molecule has 0 spiro atoms. The van der Waals surface area contributed by atoms with Gasteiger partial charge in [-0.1, -0.05) is 36.0 Å². The van der Waals surface area contributed by atoms with Gasteiger partial charge in [0.1, 0.15) is 11.7 Å². The monoisotopic (exact) mass is 355 g/mol. The molecule has 1 aliphatic heterocycles. The van der Waals surface area contributed by atoms with Crippen LogP contribution in [-0.4, -0.2) is 26.3 Å². The molecule has 6 nitrogen and oxygen atoms in total. The van der Waals surface area contributed by atoms with Crippen molar-refractivity contribution in [2.75, 3.05) is 5.75 Å². The van der Waals surface area contributed by atoms with Crippen molar-refractivity contribution in [2.24, 2.45) is 10.1 Å². The van der Waals surface area contributed by atoms with Gasteiger partial charge in [0.15, 0.2) is 5.17 Å². The van der Waals surface area contributed by atoms with E-state index in [4.69, 9.17) is 0 Å². The van der Waals surface area contributed by atoms with Crippen molar-refractivity contribution >= 4 is 33.8 Å². The Morgan fingerprint density at radius 2 is 2.00 bits per heavy atom. The Bertz CT molecular complexity index is 1040. The molecule has 0 radical (unpaired) electrons. The summed E-state index contributed by atoms with van der Waals surface area (Å²) in [6.07, 6.45) is 0. The molecule has 0 saturated heterocycles. The summed E-state index contributed by atoms with van der Waals surface area (Å²) < 4.78 is 14.5. The number of nitrogens with zero attached hydrogens (tertiary/aromatic N) is 3. The van der Waals surface area contributed by atoms with Crippen LogP contribution in [0.1, 0.15) is 5.56 Å². The summed E-state index contributed by atoms with van der Waals surface area (Å²) in [5.41, 5.74) is 5.15. The zero-order valence-electron chi connectivity index (χ0n) is 13.1. The van der Waals surface area contributed by atoms with E-state index in [2.05, 4.69) is 20.5 Å². The predicted octanol–water partition coefficient (Wildman–Crippen LogP) is 2.52. The molecule has 0 unspecified atom stereocenters. The molecule has 2 N–H and O–H groups in total. The molecule has 3 aromatic rings. The number of rotatable bonds is 2. The van der Waals surface area contributed by atoms with Crippen LogP contribution in [0, 0.1) is 5.82 Å². The Morgan fingerprint density at radius 1 is 1.20 bits per heavy atom. The maximum Gasteiger partial charge on any atom is 0.332 e. The first-order valence-corrected chi connectivity index (χ1v) is 8.64. The lowest BCUT2D eigenvalue weighted by atomic mass is 10.2. The number of imidazole rings is 1. The van der Waals surface area contributed by atoms with Crippen molar-refractivity contribution in [2.45, 2.75) is 6.54 Å². The molecule has 0 amide bonds. The van der Waals surface area contributed by atoms with E-state index in [9.17, 15) is 9.18 Å². The molecule has 2 heterocycles. The number of aromatic nitrogens is 2. The minimum atomic E-state index is -0.264. The number of hydrogen-bond acceptors (Lipinski definition) is 4. The number of aliphatic imine (C=N–C) groups is 1. The number of nitrogens with one attached hydrogen (secondary N) is 2. The summed E-state index contributed by atoms with van der Waals surface area (Å²) in [5, 5.41) is 4.96. The van der Waals surface area contributed by atoms with Gasteiger partial charge in [-0.25, -0.2) is 13.8 Å². The maximum atomic E-state index is 12.9. The highest BCUT2D eigenvalue weighted by Gasteiger charge is 2.17. The van der Waals surface area contributed by atoms with Gasteiger partial charge >= 0.3 is 5.69 Å². The number of fused-ring (bicyclic) bond motifs is 1. The Kier molecular flexibility index (Phi) is 4.10. The van der Waals surface area contributed by atoms with Crippen LogP contribution in [0.3, 0.4) is 0 Å². The van der Waals surface area contributed by atoms with Gasteiger partial charge in [0.2, 0.25) is 0 Å². The fourth-order valence-corrected chi connectivity index (χ4v) is 3.29. The topological polar surface area (TPSA) is 74.5 Å². The zero-order chi connectivity index (χ0) is 17.2. The average Bonchev–Trinajstić information content (AvgIpc) is 2.97. The first kappa shape index (κ1) is 15.6. The number of hydrogen-bond donors (Lipinski definition) is 2. The summed E-state index contributed by atoms with van der Waals surface area (Å²) >= 11 is 1.47. The standard InChI is InChI=1S/C17H14FN5OS/c18-12-7-5-11(6-8-12)9-19-16-22-21-15(10-25-16)23-14-4-2-1-3-13(14)20-17(23)24/h1-8H,9-10H2,(H,19,22)(H,20,24). The van der Waals surface area contributed by atoms with Crippen molar-refractivity contribution in [3.05, 3.63) is 70.4 Å². The third kappa shape index (κ3) is 3.20. The second-order valence-corrected chi connectivity index (χ2v) is 6.42. The fourth-order valence-electron chi connectivity index (χ4n) is 2.57. The quantitative estimate of drug-likeness (QED) is 0.742. The molecule has 1 aliphatic rings. The van der Waals surface area contributed by atoms with Crippen LogP contribution in [0.25, 0.3) is 11.0 Å². The van der Waals surface area contributed by atoms with Crippen molar-refractivity contribution in [1.29, 1.82) is 0 Å². The van der Waals surface area contributed by atoms with E-state index in [0.717, 1.165) is 16.6 Å². The highest BCUT2D eigenvalue weighted by Crippen LogP contribution is 2.14. The molecular formula is C17H14FN5OS. The molecule has 0 aliphatic carbocycles. The lowest BCUT2D eigenvalue weighted by molar-refractivity contribution is 0.627. The van der Waals surface area contributed by atoms with Crippen LogP contribution < -0.4 is 11.1 Å². The molecule has 25 heavy (non-hydrogen) atoms. The van der Waals surface area contributed by atoms with Gasteiger partial charge in [-0.05, 0) is 29.8 Å². The molecule has 0 atom stereocenters. The van der Waals surface area contributed by atoms with E-state index in [0.29, 0.717) is 23.3 Å². The van der Waals surface area contributed by atoms with Crippen LogP contribution in [0.15, 0.2) is 63.4 Å². The van der Waals surface area contributed by atoms with E-state index in [1.165, 1.54) is 23.9 Å². The minimum Gasteiger partial charge on any atom is -0.305 e. The van der Waals surface area contributed by atoms with Crippen LogP contribution >= 0.6 is 11.8 Å². The van der Waals surface area contributed by atoms with Crippen LogP contribution in [-0.2, 0) is 6.54 Å². The van der Waals surface area contributed by atoms with Gasteiger partial charge in [0.25, 0.3) is 0 Å². The number of benzene rings is 2. The molecule has 0 bridgehead atoms. The largest absolute Gasteiger partial charge is 0.332 e. The Hall–Kier alpha value is -2.87. The van der Waals surface area contributed by atoms with E-state index in [1.54, 1.807) is 16.7 Å². The highest BCUT2D eigenvalue weighted by atomic mass is 32.2. The number of thioether (sulfide) groups is 1. The third-order valence-corrected chi connectivity index (χ3v) is 4.68. The van der Waals surface area contributed by atoms with E-state index in [-0.39, 0.29) is 11.5 Å². The second-order valence-electron chi connectivity index (χ2n) is 5.46. The minimum absolute atomic E-state index is 0.214. The Balaban J connectivity index is 1.53. The predicted molar refractivity (Wildman–Crippen MR) is 98.5 cm³/mol. The normalized spacial score (nSPS) is 16.0. The average molecular weight is 355 g/mol. The van der Waals surface area contributed by atoms with Crippen LogP contribution in [0.4, 0.5) is 4.39 Å². The van der Waals surface area contributed by atoms with Gasteiger partial charge in [-0.3, -0.25) is 10.4 Å². The number of hydrazone groups is 1. The van der Waals surface area contributed by atoms with Gasteiger partial charge in [-0.15, -0.1) is 0 Å². The van der Waals surface area contributed by atoms with Crippen molar-refractivity contribution in [3.8, 4) is 0 Å². The van der Waals surface area contributed by atoms with Crippen LogP contribution in [0.5, 0.6) is 0 Å². The van der Waals surface area contributed by atoms with E-state index in [1.807, 2.05) is 24.3 Å². The van der Waals surface area contributed by atoms with E-state index >= 15 is 0 Å². The molecule has 2 aromatic carbocycles. The van der Waals surface area contributed by atoms with E-state index < -0.39 is 0 Å². The molecule has 126 valence electrons. The second kappa shape index (κ2) is 6.56. The van der Waals surface area contributed by atoms with Crippen molar-refractivity contribution in [3.63, 3.8) is 0 Å². The lowest BCUT2D eigenvalue weighted by Crippen LogP contribution is -2.34. The summed E-state index contributed by atoms with van der Waals surface area (Å²) in [6.45, 7) is 0.438. The van der Waals surface area contributed by atoms with Crippen LogP contribution in [0.2, 0.25) is 0 Å². The van der Waals surface area contributed by atoms with Crippen molar-refractivity contribution in [1.82, 2.24) is 15.0 Å². The smallest absolute Gasteiger partial charge is 0.305 e. The Labute approximate surface area is 146 Å². The number of para-hydroxylation sites is 2. The molecule has 0 fully saturated rings. The number of H-pyrrole nitrogens is 1. The molecular weight excluding hydrogens is 341 g/mol. The third-order valence-electron chi connectivity index (χ3n) is 3.78. The number of aromatic amines is 1. The first-order chi connectivity index (χ1) is 12.2. The van der Waals surface area contributed by atoms with Gasteiger partial charge in [0, 0.05) is 0 Å². The summed E-state index contributed by atoms with van der Waals surface area (Å²) in [5.74, 6) is 0.880. The summed E-state index contributed by atoms with van der Waals surface area (Å²) in [4.78, 5) is 19.4. The number of halogens is 1. The molecule has 1 aromatic heterocycles. The van der Waals surface area contributed by atoms with Crippen molar-refractivity contribution < 1.29 is 4.39 Å². The molecule has 8 heteroatoms. The van der Waals surface area contributed by atoms with Gasteiger partial charge in [0.05, 0.1) is 23.3 Å². The fraction of sp³-hybridized carbons (Fsp3) is 0.118. The summed E-state index contributed by atoms with van der Waals surface area (Å²) in [6, 6.07) is 13.7. The Morgan fingerprint density at radius 3 is 2.76 bits per heavy atom. The van der Waals surface area contributed by atoms with Gasteiger partial charge < -0.3 is 4.98 Å². The molecule has 0 saturated carbocycles. The first-order valence-electron chi connectivity index (χ1n) is 7.65. The maximum absolute atomic E-state index is 12.9. The van der Waals surface area contributed by atoms with Gasteiger partial charge in [-0.2, -0.15) is 5.10 Å². The zero-order valence-corrected chi connectivity index (χ0v) is 13.9. The number of amidine groups is 1. The SMILES string of the molecule is O=c1[nH]c2ccccc2n1C1=NNC(=NCc2ccc(F)cc2)SC1.